The summed E-state index contributed by atoms with van der Waals surface area (Å²) in [7, 11) is 0. The van der Waals surface area contributed by atoms with Gasteiger partial charge < -0.3 is 4.42 Å². The van der Waals surface area contributed by atoms with Gasteiger partial charge in [0.1, 0.15) is 11.2 Å². The first-order valence-corrected chi connectivity index (χ1v) is 20.2. The van der Waals surface area contributed by atoms with Crippen LogP contribution in [-0.4, -0.2) is 9.97 Å². The average Bonchev–Trinajstić information content (AvgIpc) is 3.77. The predicted octanol–water partition coefficient (Wildman–Crippen LogP) is 16.0. The Balaban J connectivity index is 0.000000548. The molecule has 2 heterocycles. The number of allylic oxidation sites excluding steroid dienone is 2. The molecule has 10 aromatic rings. The van der Waals surface area contributed by atoms with Gasteiger partial charge in [0.25, 0.3) is 0 Å². The van der Waals surface area contributed by atoms with Gasteiger partial charge in [-0.15, -0.1) is 13.2 Å². The standard InChI is InChI=1S/C47H30N2O.2C3H6.C2H6/c1-47(2)39-24-28(31-16-9-17-38-43-30-11-4-3-10-27(30)20-23-42(43)50-46(31)38)18-21-34(39)35-22-19-29(25-40(35)47)41-26-48-44-36-14-7-5-12-32(36)33-13-6-8-15-37(33)45(44)49-41;2*1-3-2;1-2/h3-26H,1-2H3;2*3H,1H2,2H3;1-2H3. The average molecular weight is 753 g/mol. The molecule has 1 aliphatic rings. The van der Waals surface area contributed by atoms with Crippen LogP contribution < -0.4 is 0 Å². The lowest BCUT2D eigenvalue weighted by Crippen LogP contribution is -2.15. The molecule has 0 amide bonds. The van der Waals surface area contributed by atoms with Crippen LogP contribution in [0.1, 0.15) is 52.7 Å². The van der Waals surface area contributed by atoms with Gasteiger partial charge in [-0.2, -0.15) is 0 Å². The van der Waals surface area contributed by atoms with Crippen LogP contribution >= 0.6 is 0 Å². The van der Waals surface area contributed by atoms with Crippen molar-refractivity contribution in [2.75, 3.05) is 0 Å². The van der Waals surface area contributed by atoms with Crippen molar-refractivity contribution < 1.29 is 4.42 Å². The molecule has 0 atom stereocenters. The van der Waals surface area contributed by atoms with Gasteiger partial charge in [0.2, 0.25) is 0 Å². The Morgan fingerprint density at radius 1 is 0.534 bits per heavy atom. The Hall–Kier alpha value is -6.84. The molecule has 0 unspecified atom stereocenters. The summed E-state index contributed by atoms with van der Waals surface area (Å²) in [5, 5.41) is 9.45. The van der Waals surface area contributed by atoms with E-state index in [1.54, 1.807) is 12.2 Å². The van der Waals surface area contributed by atoms with Crippen molar-refractivity contribution in [2.24, 2.45) is 0 Å². The van der Waals surface area contributed by atoms with E-state index in [-0.39, 0.29) is 5.41 Å². The molecule has 3 nitrogen and oxygen atoms in total. The molecule has 0 N–H and O–H groups in total. The number of hydrogen-bond acceptors (Lipinski definition) is 3. The highest BCUT2D eigenvalue weighted by molar-refractivity contribution is 6.23. The minimum absolute atomic E-state index is 0.207. The highest BCUT2D eigenvalue weighted by atomic mass is 16.3. The maximum absolute atomic E-state index is 6.61. The third-order valence-electron chi connectivity index (χ3n) is 11.1. The summed E-state index contributed by atoms with van der Waals surface area (Å²) in [6.45, 7) is 19.2. The van der Waals surface area contributed by atoms with Gasteiger partial charge in [-0.3, -0.25) is 4.98 Å². The number of nitrogens with zero attached hydrogens (tertiary/aromatic N) is 2. The molecular weight excluding hydrogens is 705 g/mol. The Morgan fingerprint density at radius 2 is 1.07 bits per heavy atom. The number of benzene rings is 8. The van der Waals surface area contributed by atoms with Crippen molar-refractivity contribution in [1.29, 1.82) is 0 Å². The van der Waals surface area contributed by atoms with Gasteiger partial charge in [-0.1, -0.05) is 161 Å². The third kappa shape index (κ3) is 6.15. The van der Waals surface area contributed by atoms with E-state index in [4.69, 9.17) is 14.4 Å². The van der Waals surface area contributed by atoms with Gasteiger partial charge in [0, 0.05) is 38.1 Å². The Kier molecular flexibility index (Phi) is 10.2. The summed E-state index contributed by atoms with van der Waals surface area (Å²) >= 11 is 0. The number of rotatable bonds is 2. The summed E-state index contributed by atoms with van der Waals surface area (Å²) < 4.78 is 6.61. The van der Waals surface area contributed by atoms with Crippen LogP contribution in [0.5, 0.6) is 0 Å². The molecule has 2 aromatic heterocycles. The Morgan fingerprint density at radius 3 is 1.72 bits per heavy atom. The van der Waals surface area contributed by atoms with E-state index in [1.807, 2.05) is 33.9 Å². The van der Waals surface area contributed by atoms with E-state index < -0.39 is 0 Å². The van der Waals surface area contributed by atoms with Crippen molar-refractivity contribution in [1.82, 2.24) is 9.97 Å². The quantitative estimate of drug-likeness (QED) is 0.130. The van der Waals surface area contributed by atoms with Crippen molar-refractivity contribution in [3.8, 4) is 33.5 Å². The van der Waals surface area contributed by atoms with Gasteiger partial charge in [0.05, 0.1) is 22.9 Å². The lowest BCUT2D eigenvalue weighted by Gasteiger charge is -2.22. The van der Waals surface area contributed by atoms with Gasteiger partial charge in [-0.25, -0.2) is 4.98 Å². The zero-order chi connectivity index (χ0) is 40.6. The van der Waals surface area contributed by atoms with Crippen LogP contribution in [0.4, 0.5) is 0 Å². The first-order valence-electron chi connectivity index (χ1n) is 20.2. The van der Waals surface area contributed by atoms with Crippen molar-refractivity contribution >= 4 is 65.3 Å². The Bertz CT molecular complexity index is 3140. The van der Waals surface area contributed by atoms with Crippen LogP contribution in [0.25, 0.3) is 98.8 Å². The van der Waals surface area contributed by atoms with E-state index in [0.717, 1.165) is 55.2 Å². The van der Waals surface area contributed by atoms with Gasteiger partial charge in [0.15, 0.2) is 0 Å². The third-order valence-corrected chi connectivity index (χ3v) is 11.1. The van der Waals surface area contributed by atoms with Crippen LogP contribution in [0.3, 0.4) is 0 Å². The topological polar surface area (TPSA) is 38.9 Å². The molecular formula is C55H48N2O. The van der Waals surface area contributed by atoms with Crippen LogP contribution in [0.15, 0.2) is 175 Å². The monoisotopic (exact) mass is 752 g/mol. The number of furan rings is 1. The zero-order valence-corrected chi connectivity index (χ0v) is 34.2. The Labute approximate surface area is 341 Å². The maximum Gasteiger partial charge on any atom is 0.143 e. The highest BCUT2D eigenvalue weighted by Crippen LogP contribution is 2.51. The normalized spacial score (nSPS) is 12.2. The summed E-state index contributed by atoms with van der Waals surface area (Å²) in [5.41, 5.74) is 13.0. The van der Waals surface area contributed by atoms with Crippen molar-refractivity contribution in [3.05, 3.63) is 182 Å². The zero-order valence-electron chi connectivity index (χ0n) is 34.2. The number of fused-ring (bicyclic) bond motifs is 14. The minimum Gasteiger partial charge on any atom is -0.455 e. The number of para-hydroxylation sites is 1. The van der Waals surface area contributed by atoms with Crippen LogP contribution in [0, 0.1) is 0 Å². The minimum atomic E-state index is -0.207. The smallest absolute Gasteiger partial charge is 0.143 e. The molecule has 0 spiro atoms. The number of hydrogen-bond donors (Lipinski definition) is 0. The lowest BCUT2D eigenvalue weighted by atomic mass is 9.81. The first-order chi connectivity index (χ1) is 28.4. The largest absolute Gasteiger partial charge is 0.455 e. The molecule has 0 saturated heterocycles. The summed E-state index contributed by atoms with van der Waals surface area (Å²) in [6.07, 6.45) is 5.44. The molecule has 0 radical (unpaired) electrons. The molecule has 11 rings (SSSR count). The van der Waals surface area contributed by atoms with Gasteiger partial charge >= 0.3 is 0 Å². The second kappa shape index (κ2) is 15.6. The molecule has 1 aliphatic carbocycles. The first kappa shape index (κ1) is 38.1. The summed E-state index contributed by atoms with van der Waals surface area (Å²) in [6, 6.07) is 50.1. The molecule has 0 saturated carbocycles. The van der Waals surface area contributed by atoms with Gasteiger partial charge in [-0.05, 0) is 81.4 Å². The van der Waals surface area contributed by atoms with Crippen molar-refractivity contribution in [2.45, 2.75) is 47.0 Å². The maximum atomic E-state index is 6.61. The molecule has 0 aliphatic heterocycles. The second-order valence-corrected chi connectivity index (χ2v) is 15.0. The van der Waals surface area contributed by atoms with Crippen molar-refractivity contribution in [3.63, 3.8) is 0 Å². The molecule has 58 heavy (non-hydrogen) atoms. The molecule has 0 fully saturated rings. The molecule has 0 bridgehead atoms. The molecule has 3 heteroatoms. The SMILES string of the molecule is C=CC.C=CC.CC.CC1(C)c2cc(-c3cnc4c5ccccc5c5ccccc5c4n3)ccc2-c2ccc(-c3cccc4c3oc3ccc5ccccc5c34)cc21. The van der Waals surface area contributed by atoms with Crippen LogP contribution in [0.2, 0.25) is 0 Å². The lowest BCUT2D eigenvalue weighted by molar-refractivity contribution is 0.660. The molecule has 8 aromatic carbocycles. The van der Waals surface area contributed by atoms with E-state index in [2.05, 4.69) is 167 Å². The van der Waals surface area contributed by atoms with Crippen LogP contribution in [-0.2, 0) is 5.41 Å². The van der Waals surface area contributed by atoms with E-state index in [1.165, 1.54) is 54.7 Å². The summed E-state index contributed by atoms with van der Waals surface area (Å²) in [4.78, 5) is 10.3. The second-order valence-electron chi connectivity index (χ2n) is 15.0. The fourth-order valence-electron chi connectivity index (χ4n) is 8.62. The van der Waals surface area contributed by atoms with E-state index >= 15 is 0 Å². The summed E-state index contributed by atoms with van der Waals surface area (Å²) in [5.74, 6) is 0. The fourth-order valence-corrected chi connectivity index (χ4v) is 8.62. The highest BCUT2D eigenvalue weighted by Gasteiger charge is 2.36. The van der Waals surface area contributed by atoms with E-state index in [9.17, 15) is 0 Å². The predicted molar refractivity (Wildman–Crippen MR) is 251 cm³/mol. The fraction of sp³-hybridized carbons (Fsp3) is 0.127. The number of aromatic nitrogens is 2. The van der Waals surface area contributed by atoms with E-state index in [0.29, 0.717) is 0 Å². The molecule has 284 valence electrons.